The minimum absolute atomic E-state index is 0.0794. The van der Waals surface area contributed by atoms with Gasteiger partial charge >= 0.3 is 0 Å². The van der Waals surface area contributed by atoms with E-state index in [-0.39, 0.29) is 11.4 Å². The molecule has 0 amide bonds. The van der Waals surface area contributed by atoms with Crippen LogP contribution in [0.5, 0.6) is 11.5 Å². The van der Waals surface area contributed by atoms with Crippen LogP contribution in [0.1, 0.15) is 45.2 Å². The van der Waals surface area contributed by atoms with Crippen molar-refractivity contribution in [3.8, 4) is 11.5 Å². The summed E-state index contributed by atoms with van der Waals surface area (Å²) >= 11 is 3.60. The fourth-order valence-electron chi connectivity index (χ4n) is 2.33. The summed E-state index contributed by atoms with van der Waals surface area (Å²) < 4.78 is 25.6. The molecule has 0 aliphatic heterocycles. The molecule has 3 nitrogen and oxygen atoms in total. The zero-order valence-corrected chi connectivity index (χ0v) is 17.5. The van der Waals surface area contributed by atoms with Crippen molar-refractivity contribution in [3.63, 3.8) is 0 Å². The molecular weight excluding hydrogens is 397 g/mol. The number of nitrogens with one attached hydrogen (secondary N) is 1. The lowest BCUT2D eigenvalue weighted by Gasteiger charge is -2.25. The Morgan fingerprint density at radius 3 is 2.35 bits per heavy atom. The van der Waals surface area contributed by atoms with Gasteiger partial charge in [-0.15, -0.1) is 0 Å². The van der Waals surface area contributed by atoms with Gasteiger partial charge in [0.2, 0.25) is 0 Å². The van der Waals surface area contributed by atoms with Gasteiger partial charge in [-0.25, -0.2) is 4.39 Å². The standard InChI is InChI=1S/C21H27BrFNO2/c1-5-21(3,4)24-13-16-11-18(22)20(19(12-16)25-6-2)26-14-15-7-9-17(23)10-8-15/h7-12,24H,5-6,13-14H2,1-4H3. The van der Waals surface area contributed by atoms with E-state index >= 15 is 0 Å². The van der Waals surface area contributed by atoms with Crippen LogP contribution in [0.4, 0.5) is 4.39 Å². The Labute approximate surface area is 164 Å². The van der Waals surface area contributed by atoms with Crippen LogP contribution in [0.15, 0.2) is 40.9 Å². The normalized spacial score (nSPS) is 11.5. The van der Waals surface area contributed by atoms with E-state index in [0.29, 0.717) is 24.7 Å². The Morgan fingerprint density at radius 2 is 1.73 bits per heavy atom. The van der Waals surface area contributed by atoms with E-state index in [9.17, 15) is 4.39 Å². The van der Waals surface area contributed by atoms with E-state index in [1.165, 1.54) is 12.1 Å². The molecule has 142 valence electrons. The highest BCUT2D eigenvalue weighted by molar-refractivity contribution is 9.10. The second-order valence-corrected chi connectivity index (χ2v) is 7.70. The van der Waals surface area contributed by atoms with Crippen LogP contribution in [0, 0.1) is 5.82 Å². The molecule has 0 spiro atoms. The number of hydrogen-bond donors (Lipinski definition) is 1. The van der Waals surface area contributed by atoms with E-state index in [2.05, 4.69) is 42.0 Å². The summed E-state index contributed by atoms with van der Waals surface area (Å²) in [6, 6.07) is 10.3. The molecule has 0 aromatic heterocycles. The minimum atomic E-state index is -0.253. The van der Waals surface area contributed by atoms with E-state index in [0.717, 1.165) is 28.6 Å². The van der Waals surface area contributed by atoms with Gasteiger partial charge in [0.1, 0.15) is 12.4 Å². The summed E-state index contributed by atoms with van der Waals surface area (Å²) in [5.41, 5.74) is 2.10. The monoisotopic (exact) mass is 423 g/mol. The molecule has 0 bridgehead atoms. The van der Waals surface area contributed by atoms with Crippen molar-refractivity contribution in [3.05, 3.63) is 57.8 Å². The molecule has 0 unspecified atom stereocenters. The zero-order chi connectivity index (χ0) is 19.2. The summed E-state index contributed by atoms with van der Waals surface area (Å²) in [5.74, 6) is 1.11. The minimum Gasteiger partial charge on any atom is -0.490 e. The number of hydrogen-bond acceptors (Lipinski definition) is 3. The van der Waals surface area contributed by atoms with Crippen molar-refractivity contribution in [2.24, 2.45) is 0 Å². The van der Waals surface area contributed by atoms with Crippen LogP contribution in [-0.2, 0) is 13.2 Å². The van der Waals surface area contributed by atoms with E-state index < -0.39 is 0 Å². The summed E-state index contributed by atoms with van der Waals surface area (Å²) in [4.78, 5) is 0. The van der Waals surface area contributed by atoms with Gasteiger partial charge in [0, 0.05) is 12.1 Å². The predicted molar refractivity (Wildman–Crippen MR) is 107 cm³/mol. The van der Waals surface area contributed by atoms with Crippen molar-refractivity contribution < 1.29 is 13.9 Å². The molecule has 2 aromatic carbocycles. The fourth-order valence-corrected chi connectivity index (χ4v) is 2.93. The molecule has 2 aromatic rings. The molecule has 0 radical (unpaired) electrons. The van der Waals surface area contributed by atoms with Gasteiger partial charge in [0.05, 0.1) is 11.1 Å². The summed E-state index contributed by atoms with van der Waals surface area (Å²) in [7, 11) is 0. The predicted octanol–water partition coefficient (Wildman–Crippen LogP) is 5.84. The second kappa shape index (κ2) is 9.38. The van der Waals surface area contributed by atoms with Crippen LogP contribution < -0.4 is 14.8 Å². The maximum atomic E-state index is 13.0. The van der Waals surface area contributed by atoms with E-state index in [1.54, 1.807) is 12.1 Å². The molecule has 0 saturated carbocycles. The van der Waals surface area contributed by atoms with Gasteiger partial charge in [0.15, 0.2) is 11.5 Å². The first kappa shape index (κ1) is 20.7. The first-order valence-corrected chi connectivity index (χ1v) is 9.71. The number of benzene rings is 2. The van der Waals surface area contributed by atoms with Crippen LogP contribution in [0.2, 0.25) is 0 Å². The third kappa shape index (κ3) is 5.99. The quantitative estimate of drug-likeness (QED) is 0.548. The number of rotatable bonds is 9. The van der Waals surface area contributed by atoms with E-state index in [1.807, 2.05) is 19.1 Å². The lowest BCUT2D eigenvalue weighted by molar-refractivity contribution is 0.267. The van der Waals surface area contributed by atoms with Crippen molar-refractivity contribution in [1.29, 1.82) is 0 Å². The Kier molecular flexibility index (Phi) is 7.47. The smallest absolute Gasteiger partial charge is 0.175 e. The lowest BCUT2D eigenvalue weighted by atomic mass is 10.0. The van der Waals surface area contributed by atoms with Gasteiger partial charge in [-0.1, -0.05) is 19.1 Å². The summed E-state index contributed by atoms with van der Waals surface area (Å²) in [6.45, 7) is 10.1. The Morgan fingerprint density at radius 1 is 1.04 bits per heavy atom. The third-order valence-electron chi connectivity index (χ3n) is 4.32. The van der Waals surface area contributed by atoms with Gasteiger partial charge in [-0.05, 0) is 78.5 Å². The van der Waals surface area contributed by atoms with Crippen molar-refractivity contribution in [1.82, 2.24) is 5.32 Å². The molecular formula is C21H27BrFNO2. The largest absolute Gasteiger partial charge is 0.490 e. The SMILES string of the molecule is CCOc1cc(CNC(C)(C)CC)cc(Br)c1OCc1ccc(F)cc1. The highest BCUT2D eigenvalue weighted by atomic mass is 79.9. The van der Waals surface area contributed by atoms with Gasteiger partial charge < -0.3 is 14.8 Å². The molecule has 0 aliphatic rings. The topological polar surface area (TPSA) is 30.5 Å². The molecule has 0 saturated heterocycles. The van der Waals surface area contributed by atoms with Crippen molar-refractivity contribution in [2.75, 3.05) is 6.61 Å². The number of halogens is 2. The van der Waals surface area contributed by atoms with Crippen molar-refractivity contribution >= 4 is 15.9 Å². The number of ether oxygens (including phenoxy) is 2. The maximum absolute atomic E-state index is 13.0. The molecule has 5 heteroatoms. The highest BCUT2D eigenvalue weighted by Crippen LogP contribution is 2.37. The second-order valence-electron chi connectivity index (χ2n) is 6.84. The van der Waals surface area contributed by atoms with Crippen LogP contribution in [0.3, 0.4) is 0 Å². The first-order valence-electron chi connectivity index (χ1n) is 8.92. The Hall–Kier alpha value is -1.59. The van der Waals surface area contributed by atoms with Gasteiger partial charge in [-0.3, -0.25) is 0 Å². The molecule has 0 heterocycles. The molecule has 26 heavy (non-hydrogen) atoms. The summed E-state index contributed by atoms with van der Waals surface area (Å²) in [6.07, 6.45) is 1.05. The molecule has 0 atom stereocenters. The van der Waals surface area contributed by atoms with Gasteiger partial charge in [0.25, 0.3) is 0 Å². The zero-order valence-electron chi connectivity index (χ0n) is 15.9. The third-order valence-corrected chi connectivity index (χ3v) is 4.91. The summed E-state index contributed by atoms with van der Waals surface area (Å²) in [5, 5.41) is 3.55. The van der Waals surface area contributed by atoms with Crippen molar-refractivity contribution in [2.45, 2.75) is 52.8 Å². The molecule has 1 N–H and O–H groups in total. The highest BCUT2D eigenvalue weighted by Gasteiger charge is 2.16. The maximum Gasteiger partial charge on any atom is 0.175 e. The molecule has 2 rings (SSSR count). The first-order chi connectivity index (χ1) is 12.3. The van der Waals surface area contributed by atoms with E-state index in [4.69, 9.17) is 9.47 Å². The fraction of sp³-hybridized carbons (Fsp3) is 0.429. The Bertz CT molecular complexity index is 717. The molecule has 0 aliphatic carbocycles. The van der Waals surface area contributed by atoms with Crippen LogP contribution in [0.25, 0.3) is 0 Å². The Balaban J connectivity index is 2.15. The average molecular weight is 424 g/mol. The van der Waals surface area contributed by atoms with Crippen LogP contribution >= 0.6 is 15.9 Å². The van der Waals surface area contributed by atoms with Gasteiger partial charge in [-0.2, -0.15) is 0 Å². The van der Waals surface area contributed by atoms with Crippen LogP contribution in [-0.4, -0.2) is 12.1 Å². The average Bonchev–Trinajstić information content (AvgIpc) is 2.61. The molecule has 0 fully saturated rings. The lowest BCUT2D eigenvalue weighted by Crippen LogP contribution is -2.37.